The zero-order valence-electron chi connectivity index (χ0n) is 9.61. The Morgan fingerprint density at radius 1 is 1.41 bits per heavy atom. The van der Waals surface area contributed by atoms with Crippen LogP contribution in [-0.4, -0.2) is 16.7 Å². The van der Waals surface area contributed by atoms with E-state index in [1.807, 2.05) is 25.1 Å². The summed E-state index contributed by atoms with van der Waals surface area (Å²) >= 11 is 3.49. The number of aryl methyl sites for hydroxylation is 2. The van der Waals surface area contributed by atoms with Crippen LogP contribution in [0.4, 0.5) is 0 Å². The second-order valence-electron chi connectivity index (χ2n) is 3.87. The summed E-state index contributed by atoms with van der Waals surface area (Å²) in [7, 11) is 0. The number of aromatic nitrogens is 2. The normalized spacial score (nSPS) is 10.8. The Balaban J connectivity index is 2.21. The molecule has 0 aliphatic rings. The van der Waals surface area contributed by atoms with Gasteiger partial charge in [-0.15, -0.1) is 0 Å². The van der Waals surface area contributed by atoms with Gasteiger partial charge in [0.05, 0.1) is 0 Å². The molecule has 90 valence electrons. The number of hydrogen-bond acceptors (Lipinski definition) is 4. The van der Waals surface area contributed by atoms with E-state index in [0.717, 1.165) is 22.9 Å². The van der Waals surface area contributed by atoms with Crippen LogP contribution < -0.4 is 5.73 Å². The summed E-state index contributed by atoms with van der Waals surface area (Å²) in [6.07, 6.45) is 1.63. The van der Waals surface area contributed by atoms with E-state index >= 15 is 0 Å². The Bertz CT molecular complexity index is 510. The van der Waals surface area contributed by atoms with Crippen LogP contribution in [0.25, 0.3) is 11.5 Å². The van der Waals surface area contributed by atoms with Crippen molar-refractivity contribution in [3.05, 3.63) is 34.1 Å². The highest BCUT2D eigenvalue weighted by Crippen LogP contribution is 2.24. The van der Waals surface area contributed by atoms with Crippen molar-refractivity contribution in [2.24, 2.45) is 5.73 Å². The van der Waals surface area contributed by atoms with Crippen LogP contribution in [0.15, 0.2) is 27.2 Å². The van der Waals surface area contributed by atoms with Gasteiger partial charge < -0.3 is 10.3 Å². The SMILES string of the molecule is Cc1ccc(-c2nc(CCCN)no2)cc1Br. The van der Waals surface area contributed by atoms with Gasteiger partial charge >= 0.3 is 0 Å². The van der Waals surface area contributed by atoms with Crippen molar-refractivity contribution in [3.8, 4) is 11.5 Å². The van der Waals surface area contributed by atoms with Crippen LogP contribution in [-0.2, 0) is 6.42 Å². The van der Waals surface area contributed by atoms with Crippen molar-refractivity contribution in [2.45, 2.75) is 19.8 Å². The van der Waals surface area contributed by atoms with E-state index in [4.69, 9.17) is 10.3 Å². The van der Waals surface area contributed by atoms with Crippen molar-refractivity contribution >= 4 is 15.9 Å². The lowest BCUT2D eigenvalue weighted by Crippen LogP contribution is -2.01. The van der Waals surface area contributed by atoms with Gasteiger partial charge in [-0.3, -0.25) is 0 Å². The third-order valence-corrected chi connectivity index (χ3v) is 3.35. The first-order chi connectivity index (χ1) is 8.20. The maximum atomic E-state index is 5.44. The average molecular weight is 296 g/mol. The molecule has 1 aromatic carbocycles. The summed E-state index contributed by atoms with van der Waals surface area (Å²) in [4.78, 5) is 4.33. The van der Waals surface area contributed by atoms with Crippen molar-refractivity contribution in [2.75, 3.05) is 6.54 Å². The largest absolute Gasteiger partial charge is 0.334 e. The van der Waals surface area contributed by atoms with Gasteiger partial charge in [0.15, 0.2) is 5.82 Å². The third-order valence-electron chi connectivity index (χ3n) is 2.49. The molecular weight excluding hydrogens is 282 g/mol. The zero-order valence-corrected chi connectivity index (χ0v) is 11.2. The van der Waals surface area contributed by atoms with E-state index in [9.17, 15) is 0 Å². The fraction of sp³-hybridized carbons (Fsp3) is 0.333. The van der Waals surface area contributed by atoms with Gasteiger partial charge in [0.25, 0.3) is 5.89 Å². The number of nitrogens with two attached hydrogens (primary N) is 1. The summed E-state index contributed by atoms with van der Waals surface area (Å²) in [5, 5.41) is 3.93. The molecule has 0 aliphatic carbocycles. The molecule has 1 aromatic heterocycles. The van der Waals surface area contributed by atoms with Gasteiger partial charge in [-0.05, 0) is 37.6 Å². The summed E-state index contributed by atoms with van der Waals surface area (Å²) in [6.45, 7) is 2.67. The Hall–Kier alpha value is -1.20. The van der Waals surface area contributed by atoms with Crippen LogP contribution in [0, 0.1) is 6.92 Å². The standard InChI is InChI=1S/C12H14BrN3O/c1-8-4-5-9(7-10(8)13)12-15-11(16-17-12)3-2-6-14/h4-5,7H,2-3,6,14H2,1H3. The van der Waals surface area contributed by atoms with Crippen LogP contribution in [0.3, 0.4) is 0 Å². The molecule has 4 nitrogen and oxygen atoms in total. The second kappa shape index (κ2) is 5.42. The van der Waals surface area contributed by atoms with E-state index in [1.165, 1.54) is 5.56 Å². The highest BCUT2D eigenvalue weighted by molar-refractivity contribution is 9.10. The molecule has 0 fully saturated rings. The fourth-order valence-electron chi connectivity index (χ4n) is 1.46. The Morgan fingerprint density at radius 2 is 2.24 bits per heavy atom. The van der Waals surface area contributed by atoms with Gasteiger partial charge in [0.2, 0.25) is 0 Å². The first kappa shape index (κ1) is 12.3. The van der Waals surface area contributed by atoms with Gasteiger partial charge in [0.1, 0.15) is 0 Å². The summed E-state index contributed by atoms with van der Waals surface area (Å²) in [6, 6.07) is 5.97. The lowest BCUT2D eigenvalue weighted by Gasteiger charge is -1.99. The minimum atomic E-state index is 0.553. The summed E-state index contributed by atoms with van der Waals surface area (Å²) < 4.78 is 6.26. The van der Waals surface area contributed by atoms with Crippen molar-refractivity contribution in [3.63, 3.8) is 0 Å². The molecule has 1 heterocycles. The van der Waals surface area contributed by atoms with Gasteiger partial charge in [-0.1, -0.05) is 27.2 Å². The maximum Gasteiger partial charge on any atom is 0.257 e. The molecule has 0 atom stereocenters. The predicted molar refractivity (Wildman–Crippen MR) is 69.5 cm³/mol. The molecule has 2 aromatic rings. The first-order valence-corrected chi connectivity index (χ1v) is 6.29. The Labute approximate surface area is 108 Å². The van der Waals surface area contributed by atoms with Crippen LogP contribution in [0.1, 0.15) is 17.8 Å². The molecule has 0 spiro atoms. The van der Waals surface area contributed by atoms with Gasteiger partial charge in [-0.2, -0.15) is 4.98 Å². The van der Waals surface area contributed by atoms with Crippen molar-refractivity contribution in [1.82, 2.24) is 10.1 Å². The lowest BCUT2D eigenvalue weighted by atomic mass is 10.1. The van der Waals surface area contributed by atoms with Crippen LogP contribution in [0.5, 0.6) is 0 Å². The van der Waals surface area contributed by atoms with Crippen LogP contribution in [0.2, 0.25) is 0 Å². The lowest BCUT2D eigenvalue weighted by molar-refractivity contribution is 0.422. The highest BCUT2D eigenvalue weighted by Gasteiger charge is 2.09. The zero-order chi connectivity index (χ0) is 12.3. The topological polar surface area (TPSA) is 64.9 Å². The van der Waals surface area contributed by atoms with Crippen LogP contribution >= 0.6 is 15.9 Å². The minimum absolute atomic E-state index is 0.553. The van der Waals surface area contributed by atoms with E-state index in [0.29, 0.717) is 18.3 Å². The smallest absolute Gasteiger partial charge is 0.257 e. The quantitative estimate of drug-likeness (QED) is 0.942. The average Bonchev–Trinajstić information content (AvgIpc) is 2.79. The number of benzene rings is 1. The van der Waals surface area contributed by atoms with E-state index < -0.39 is 0 Å². The molecule has 17 heavy (non-hydrogen) atoms. The van der Waals surface area contributed by atoms with E-state index in [2.05, 4.69) is 26.1 Å². The Morgan fingerprint density at radius 3 is 2.94 bits per heavy atom. The molecule has 0 amide bonds. The van der Waals surface area contributed by atoms with Crippen molar-refractivity contribution in [1.29, 1.82) is 0 Å². The minimum Gasteiger partial charge on any atom is -0.334 e. The summed E-state index contributed by atoms with van der Waals surface area (Å²) in [5.41, 5.74) is 7.54. The van der Waals surface area contributed by atoms with Gasteiger partial charge in [-0.25, -0.2) is 0 Å². The molecule has 2 rings (SSSR count). The highest BCUT2D eigenvalue weighted by atomic mass is 79.9. The molecule has 0 radical (unpaired) electrons. The molecule has 0 unspecified atom stereocenters. The van der Waals surface area contributed by atoms with Gasteiger partial charge in [0, 0.05) is 16.5 Å². The molecule has 0 saturated carbocycles. The number of halogens is 1. The molecule has 0 saturated heterocycles. The maximum absolute atomic E-state index is 5.44. The second-order valence-corrected chi connectivity index (χ2v) is 4.73. The van der Waals surface area contributed by atoms with E-state index in [-0.39, 0.29) is 0 Å². The molecular formula is C12H14BrN3O. The summed E-state index contributed by atoms with van der Waals surface area (Å²) in [5.74, 6) is 1.26. The predicted octanol–water partition coefficient (Wildman–Crippen LogP) is 2.70. The van der Waals surface area contributed by atoms with E-state index in [1.54, 1.807) is 0 Å². The first-order valence-electron chi connectivity index (χ1n) is 5.50. The third kappa shape index (κ3) is 2.92. The fourth-order valence-corrected chi connectivity index (χ4v) is 1.84. The number of hydrogen-bond donors (Lipinski definition) is 1. The number of rotatable bonds is 4. The molecule has 0 bridgehead atoms. The molecule has 2 N–H and O–H groups in total. The Kier molecular flexibility index (Phi) is 3.91. The monoisotopic (exact) mass is 295 g/mol. The molecule has 0 aliphatic heterocycles. The van der Waals surface area contributed by atoms with Crippen molar-refractivity contribution < 1.29 is 4.52 Å². The number of nitrogens with zero attached hydrogens (tertiary/aromatic N) is 2. The molecule has 5 heteroatoms.